The summed E-state index contributed by atoms with van der Waals surface area (Å²) in [6.45, 7) is 2.43. The van der Waals surface area contributed by atoms with Crippen molar-refractivity contribution in [1.82, 2.24) is 24.5 Å². The second-order valence-corrected chi connectivity index (χ2v) is 9.22. The first-order valence-electron chi connectivity index (χ1n) is 11.9. The van der Waals surface area contributed by atoms with Gasteiger partial charge in [-0.1, -0.05) is 60.1 Å². The molecule has 0 saturated carbocycles. The average molecular weight is 498 g/mol. The van der Waals surface area contributed by atoms with Crippen LogP contribution in [0.5, 0.6) is 0 Å². The molecule has 0 atom stereocenters. The van der Waals surface area contributed by atoms with Crippen LogP contribution >= 0.6 is 11.6 Å². The van der Waals surface area contributed by atoms with Crippen molar-refractivity contribution in [3.05, 3.63) is 95.3 Å². The fourth-order valence-corrected chi connectivity index (χ4v) is 4.79. The minimum Gasteiger partial charge on any atom is -0.338 e. The van der Waals surface area contributed by atoms with E-state index < -0.39 is 0 Å². The van der Waals surface area contributed by atoms with E-state index in [-0.39, 0.29) is 6.03 Å². The van der Waals surface area contributed by atoms with Crippen LogP contribution < -0.4 is 10.2 Å². The van der Waals surface area contributed by atoms with E-state index in [0.717, 1.165) is 33.9 Å². The minimum absolute atomic E-state index is 0.136. The van der Waals surface area contributed by atoms with E-state index in [1.807, 2.05) is 59.5 Å². The number of aromatic nitrogens is 4. The summed E-state index contributed by atoms with van der Waals surface area (Å²) in [5, 5.41) is 13.6. The van der Waals surface area contributed by atoms with Crippen LogP contribution in [0.3, 0.4) is 0 Å². The maximum atomic E-state index is 12.8. The number of hydrogen-bond donors (Lipinski definition) is 1. The smallest absolute Gasteiger partial charge is 0.321 e. The Balaban J connectivity index is 1.29. The summed E-state index contributed by atoms with van der Waals surface area (Å²) in [7, 11) is 0. The van der Waals surface area contributed by atoms with E-state index in [0.29, 0.717) is 43.3 Å². The number of nitrogens with one attached hydrogen (secondary N) is 1. The predicted molar refractivity (Wildman–Crippen MR) is 142 cm³/mol. The van der Waals surface area contributed by atoms with Gasteiger partial charge < -0.3 is 15.1 Å². The second-order valence-electron chi connectivity index (χ2n) is 8.78. The van der Waals surface area contributed by atoms with Crippen molar-refractivity contribution in [3.63, 3.8) is 0 Å². The summed E-state index contributed by atoms with van der Waals surface area (Å²) in [6.07, 6.45) is 0.650. The summed E-state index contributed by atoms with van der Waals surface area (Å²) >= 11 is 6.05. The largest absolute Gasteiger partial charge is 0.338 e. The molecule has 0 bridgehead atoms. The van der Waals surface area contributed by atoms with E-state index in [1.54, 1.807) is 12.1 Å². The van der Waals surface area contributed by atoms with Gasteiger partial charge in [-0.2, -0.15) is 0 Å². The zero-order valence-corrected chi connectivity index (χ0v) is 20.3. The Labute approximate surface area is 213 Å². The predicted octanol–water partition coefficient (Wildman–Crippen LogP) is 4.88. The summed E-state index contributed by atoms with van der Waals surface area (Å²) < 4.78 is 2.07. The van der Waals surface area contributed by atoms with Crippen LogP contribution in [0.15, 0.2) is 78.9 Å². The first-order chi connectivity index (χ1) is 17.7. The van der Waals surface area contributed by atoms with Gasteiger partial charge in [-0.05, 0) is 35.9 Å². The fourth-order valence-electron chi connectivity index (χ4n) is 4.60. The molecule has 1 saturated heterocycles. The van der Waals surface area contributed by atoms with Crippen molar-refractivity contribution in [3.8, 4) is 0 Å². The Morgan fingerprint density at radius 3 is 2.47 bits per heavy atom. The van der Waals surface area contributed by atoms with E-state index in [2.05, 4.69) is 36.9 Å². The van der Waals surface area contributed by atoms with Crippen LogP contribution in [0, 0.1) is 0 Å². The fraction of sp³-hybridized carbons (Fsp3) is 0.185. The molecule has 8 nitrogen and oxygen atoms in total. The van der Waals surface area contributed by atoms with Crippen molar-refractivity contribution in [1.29, 1.82) is 0 Å². The van der Waals surface area contributed by atoms with Crippen molar-refractivity contribution < 1.29 is 4.79 Å². The van der Waals surface area contributed by atoms with Gasteiger partial charge in [-0.3, -0.25) is 0 Å². The van der Waals surface area contributed by atoms with Crippen molar-refractivity contribution >= 4 is 45.8 Å². The Kier molecular flexibility index (Phi) is 5.87. The molecule has 3 heterocycles. The number of anilines is 2. The number of para-hydroxylation sites is 1. The molecule has 2 aromatic heterocycles. The molecular formula is C27H24ClN7O. The van der Waals surface area contributed by atoms with Crippen molar-refractivity contribution in [2.45, 2.75) is 6.42 Å². The molecule has 5 aromatic rings. The number of fused-ring (bicyclic) bond motifs is 3. The molecule has 6 rings (SSSR count). The monoisotopic (exact) mass is 497 g/mol. The lowest BCUT2D eigenvalue weighted by Gasteiger charge is -2.35. The quantitative estimate of drug-likeness (QED) is 0.383. The first-order valence-corrected chi connectivity index (χ1v) is 12.3. The topological polar surface area (TPSA) is 78.7 Å². The van der Waals surface area contributed by atoms with E-state index in [1.165, 1.54) is 0 Å². The molecule has 9 heteroatoms. The van der Waals surface area contributed by atoms with Crippen LogP contribution in [0.1, 0.15) is 11.4 Å². The maximum Gasteiger partial charge on any atom is 0.321 e. The lowest BCUT2D eigenvalue weighted by atomic mass is 10.1. The summed E-state index contributed by atoms with van der Waals surface area (Å²) in [4.78, 5) is 21.9. The molecular weight excluding hydrogens is 474 g/mol. The van der Waals surface area contributed by atoms with Gasteiger partial charge in [0.05, 0.1) is 5.52 Å². The van der Waals surface area contributed by atoms with Crippen LogP contribution in [0.4, 0.5) is 16.4 Å². The van der Waals surface area contributed by atoms with E-state index in [9.17, 15) is 4.79 Å². The van der Waals surface area contributed by atoms with Crippen molar-refractivity contribution in [2.75, 3.05) is 36.4 Å². The number of rotatable bonds is 4. The third-order valence-corrected chi connectivity index (χ3v) is 6.66. The lowest BCUT2D eigenvalue weighted by Crippen LogP contribution is -2.50. The van der Waals surface area contributed by atoms with Gasteiger partial charge in [0.25, 0.3) is 0 Å². The number of halogens is 1. The van der Waals surface area contributed by atoms with Gasteiger partial charge in [-0.25, -0.2) is 14.2 Å². The summed E-state index contributed by atoms with van der Waals surface area (Å²) in [5.41, 5.74) is 3.51. The minimum atomic E-state index is -0.136. The van der Waals surface area contributed by atoms with Gasteiger partial charge in [0, 0.05) is 48.7 Å². The van der Waals surface area contributed by atoms with Crippen LogP contribution in [-0.4, -0.2) is 56.7 Å². The van der Waals surface area contributed by atoms with Crippen LogP contribution in [0.2, 0.25) is 5.02 Å². The number of carbonyl (C=O) groups is 1. The van der Waals surface area contributed by atoms with Gasteiger partial charge in [-0.15, -0.1) is 10.2 Å². The zero-order valence-electron chi connectivity index (χ0n) is 19.5. The Morgan fingerprint density at radius 2 is 1.67 bits per heavy atom. The standard InChI is InChI=1S/C27H24ClN7O/c28-20-9-6-10-21(18-20)29-27(36)34-15-13-33(14-16-34)26-30-23-12-5-4-11-22(23)25-32-31-24(35(25)26)17-19-7-2-1-3-8-19/h1-12,18H,13-17H2,(H,29,36). The molecule has 1 aliphatic heterocycles. The molecule has 0 unspecified atom stereocenters. The molecule has 3 aromatic carbocycles. The molecule has 0 aliphatic carbocycles. The molecule has 180 valence electrons. The normalized spacial score (nSPS) is 13.9. The number of urea groups is 1. The molecule has 1 aliphatic rings. The van der Waals surface area contributed by atoms with Crippen LogP contribution in [0.25, 0.3) is 16.6 Å². The highest BCUT2D eigenvalue weighted by molar-refractivity contribution is 6.30. The number of piperazine rings is 1. The second kappa shape index (κ2) is 9.47. The Hall–Kier alpha value is -4.17. The van der Waals surface area contributed by atoms with Gasteiger partial charge in [0.15, 0.2) is 5.65 Å². The van der Waals surface area contributed by atoms with E-state index >= 15 is 0 Å². The highest BCUT2D eigenvalue weighted by Gasteiger charge is 2.25. The third kappa shape index (κ3) is 4.31. The molecule has 2 amide bonds. The van der Waals surface area contributed by atoms with Gasteiger partial charge >= 0.3 is 6.03 Å². The number of carbonyl (C=O) groups excluding carboxylic acids is 1. The molecule has 1 N–H and O–H groups in total. The lowest BCUT2D eigenvalue weighted by molar-refractivity contribution is 0.208. The number of nitrogens with zero attached hydrogens (tertiary/aromatic N) is 6. The SMILES string of the molecule is O=C(Nc1cccc(Cl)c1)N1CCN(c2nc3ccccc3c3nnc(Cc4ccccc4)n23)CC1. The Bertz CT molecular complexity index is 1540. The highest BCUT2D eigenvalue weighted by Crippen LogP contribution is 2.26. The summed E-state index contributed by atoms with van der Waals surface area (Å²) in [5.74, 6) is 1.64. The zero-order chi connectivity index (χ0) is 24.5. The molecule has 1 fully saturated rings. The van der Waals surface area contributed by atoms with Crippen molar-refractivity contribution in [2.24, 2.45) is 0 Å². The highest BCUT2D eigenvalue weighted by atomic mass is 35.5. The summed E-state index contributed by atoms with van der Waals surface area (Å²) in [6, 6.07) is 25.3. The third-order valence-electron chi connectivity index (χ3n) is 6.43. The van der Waals surface area contributed by atoms with Crippen LogP contribution in [-0.2, 0) is 6.42 Å². The molecule has 36 heavy (non-hydrogen) atoms. The van der Waals surface area contributed by atoms with E-state index in [4.69, 9.17) is 16.6 Å². The average Bonchev–Trinajstić information content (AvgIpc) is 3.33. The Morgan fingerprint density at radius 1 is 0.889 bits per heavy atom. The molecule has 0 spiro atoms. The number of amides is 2. The molecule has 0 radical (unpaired) electrons. The van der Waals surface area contributed by atoms with Gasteiger partial charge in [0.2, 0.25) is 5.95 Å². The number of benzene rings is 3. The van der Waals surface area contributed by atoms with Gasteiger partial charge in [0.1, 0.15) is 5.82 Å². The first kappa shape index (κ1) is 22.3. The maximum absolute atomic E-state index is 12.8. The number of hydrogen-bond acceptors (Lipinski definition) is 5.